The van der Waals surface area contributed by atoms with Crippen LogP contribution in [-0.4, -0.2) is 18.6 Å². The Kier molecular flexibility index (Phi) is 6.08. The second-order valence-corrected chi connectivity index (χ2v) is 6.01. The number of aromatic nitrogens is 1. The Hall–Kier alpha value is -1.05. The second kappa shape index (κ2) is 7.82. The lowest BCUT2D eigenvalue weighted by Crippen LogP contribution is -2.13. The maximum Gasteiger partial charge on any atom is 0.399 e. The Labute approximate surface area is 140 Å². The fourth-order valence-corrected chi connectivity index (χ4v) is 2.54. The van der Waals surface area contributed by atoms with E-state index in [0.29, 0.717) is 18.0 Å². The summed E-state index contributed by atoms with van der Waals surface area (Å²) in [5, 5.41) is 3.25. The zero-order valence-corrected chi connectivity index (χ0v) is 15.0. The fourth-order valence-electron chi connectivity index (χ4n) is 1.65. The number of methoxy groups -OCH3 is 1. The van der Waals surface area contributed by atoms with E-state index >= 15 is 0 Å². The zero-order chi connectivity index (χ0) is 15.2. The van der Waals surface area contributed by atoms with Crippen LogP contribution in [0.3, 0.4) is 0 Å². The van der Waals surface area contributed by atoms with Gasteiger partial charge in [0.05, 0.1) is 21.7 Å². The highest BCUT2D eigenvalue weighted by Crippen LogP contribution is 2.37. The summed E-state index contributed by atoms with van der Waals surface area (Å²) in [6, 6.07) is 3.61. The molecule has 1 heterocycles. The predicted octanol–water partition coefficient (Wildman–Crippen LogP) is 4.50. The lowest BCUT2D eigenvalue weighted by molar-refractivity contribution is 0.328. The first-order valence-corrected chi connectivity index (χ1v) is 8.08. The van der Waals surface area contributed by atoms with Gasteiger partial charge in [0, 0.05) is 12.6 Å². The topological polar surface area (TPSA) is 56.5 Å². The number of nitrogens with zero attached hydrogens (tertiary/aromatic N) is 1. The maximum atomic E-state index is 5.64. The highest BCUT2D eigenvalue weighted by Gasteiger charge is 2.12. The average Bonchev–Trinajstić information content (AvgIpc) is 2.90. The Morgan fingerprint density at radius 3 is 2.67 bits per heavy atom. The van der Waals surface area contributed by atoms with Crippen LogP contribution in [0.15, 0.2) is 31.8 Å². The molecule has 1 aromatic carbocycles. The number of hydrogen-bond acceptors (Lipinski definition) is 5. The predicted molar refractivity (Wildman–Crippen MR) is 87.0 cm³/mol. The van der Waals surface area contributed by atoms with Crippen molar-refractivity contribution in [2.75, 3.05) is 13.7 Å². The molecule has 1 N–H and O–H groups in total. The Morgan fingerprint density at radius 1 is 1.24 bits per heavy atom. The summed E-state index contributed by atoms with van der Waals surface area (Å²) in [4.78, 5) is 4.27. The first-order chi connectivity index (χ1) is 10.1. The highest BCUT2D eigenvalue weighted by atomic mass is 79.9. The molecular formula is C14H16Br2N2O3. The number of rotatable bonds is 7. The third kappa shape index (κ3) is 4.46. The standard InChI is InChI=1S/C14H16Br2N2O3/c1-3-4-17-7-9-8-20-14(18-9)21-13-6-10(15)12(19-2)5-11(13)16/h5-6,8,17H,3-4,7H2,1-2H3. The summed E-state index contributed by atoms with van der Waals surface area (Å²) in [6.07, 6.45) is 2.87. The quantitative estimate of drug-likeness (QED) is 0.669. The van der Waals surface area contributed by atoms with Crippen LogP contribution in [-0.2, 0) is 6.54 Å². The highest BCUT2D eigenvalue weighted by molar-refractivity contribution is 9.11. The van der Waals surface area contributed by atoms with Crippen molar-refractivity contribution in [2.45, 2.75) is 19.9 Å². The summed E-state index contributed by atoms with van der Waals surface area (Å²) < 4.78 is 17.7. The van der Waals surface area contributed by atoms with E-state index in [9.17, 15) is 0 Å². The minimum Gasteiger partial charge on any atom is -0.496 e. The van der Waals surface area contributed by atoms with Gasteiger partial charge in [-0.15, -0.1) is 0 Å². The molecule has 0 atom stereocenters. The van der Waals surface area contributed by atoms with Gasteiger partial charge in [-0.1, -0.05) is 6.92 Å². The van der Waals surface area contributed by atoms with Gasteiger partial charge in [0.2, 0.25) is 0 Å². The smallest absolute Gasteiger partial charge is 0.399 e. The molecule has 5 nitrogen and oxygen atoms in total. The van der Waals surface area contributed by atoms with Crippen molar-refractivity contribution >= 4 is 31.9 Å². The SMILES string of the molecule is CCCNCc1coc(Oc2cc(Br)c(OC)cc2Br)n1. The molecule has 2 aromatic rings. The molecule has 0 aliphatic rings. The minimum atomic E-state index is 0.209. The monoisotopic (exact) mass is 418 g/mol. The molecule has 7 heteroatoms. The number of halogens is 2. The van der Waals surface area contributed by atoms with Crippen LogP contribution in [0.4, 0.5) is 0 Å². The first-order valence-electron chi connectivity index (χ1n) is 6.50. The van der Waals surface area contributed by atoms with E-state index in [1.54, 1.807) is 19.4 Å². The van der Waals surface area contributed by atoms with Crippen LogP contribution in [0.5, 0.6) is 17.6 Å². The van der Waals surface area contributed by atoms with Gasteiger partial charge >= 0.3 is 6.08 Å². The van der Waals surface area contributed by atoms with Crippen molar-refractivity contribution in [1.29, 1.82) is 0 Å². The molecule has 0 amide bonds. The molecule has 0 unspecified atom stereocenters. The molecule has 2 rings (SSSR count). The van der Waals surface area contributed by atoms with Gasteiger partial charge in [0.25, 0.3) is 0 Å². The number of nitrogens with one attached hydrogen (secondary N) is 1. The van der Waals surface area contributed by atoms with Crippen molar-refractivity contribution in [3.05, 3.63) is 33.0 Å². The van der Waals surface area contributed by atoms with Gasteiger partial charge < -0.3 is 19.2 Å². The van der Waals surface area contributed by atoms with Gasteiger partial charge in [-0.3, -0.25) is 0 Å². The van der Waals surface area contributed by atoms with Gasteiger partial charge in [-0.25, -0.2) is 0 Å². The van der Waals surface area contributed by atoms with Crippen LogP contribution < -0.4 is 14.8 Å². The van der Waals surface area contributed by atoms with E-state index < -0.39 is 0 Å². The molecule has 0 fully saturated rings. The third-order valence-electron chi connectivity index (χ3n) is 2.67. The number of ether oxygens (including phenoxy) is 2. The first kappa shape index (κ1) is 16.3. The van der Waals surface area contributed by atoms with Crippen LogP contribution in [0.25, 0.3) is 0 Å². The Morgan fingerprint density at radius 2 is 1.95 bits per heavy atom. The van der Waals surface area contributed by atoms with Crippen LogP contribution in [0.2, 0.25) is 0 Å². The minimum absolute atomic E-state index is 0.209. The van der Waals surface area contributed by atoms with Crippen LogP contribution in [0.1, 0.15) is 19.0 Å². The molecule has 0 saturated carbocycles. The van der Waals surface area contributed by atoms with Crippen molar-refractivity contribution in [3.63, 3.8) is 0 Å². The molecular weight excluding hydrogens is 404 g/mol. The molecule has 21 heavy (non-hydrogen) atoms. The van der Waals surface area contributed by atoms with E-state index in [0.717, 1.165) is 27.6 Å². The van der Waals surface area contributed by atoms with Crippen LogP contribution >= 0.6 is 31.9 Å². The largest absolute Gasteiger partial charge is 0.496 e. The van der Waals surface area contributed by atoms with E-state index in [4.69, 9.17) is 13.9 Å². The second-order valence-electron chi connectivity index (χ2n) is 4.30. The van der Waals surface area contributed by atoms with E-state index in [1.165, 1.54) is 0 Å². The normalized spacial score (nSPS) is 10.7. The fraction of sp³-hybridized carbons (Fsp3) is 0.357. The molecule has 0 spiro atoms. The molecule has 0 bridgehead atoms. The molecule has 0 aliphatic carbocycles. The number of hydrogen-bond donors (Lipinski definition) is 1. The summed E-state index contributed by atoms with van der Waals surface area (Å²) in [5.74, 6) is 1.31. The van der Waals surface area contributed by atoms with E-state index in [2.05, 4.69) is 49.1 Å². The summed E-state index contributed by atoms with van der Waals surface area (Å²) >= 11 is 6.85. The van der Waals surface area contributed by atoms with Gasteiger partial charge in [0.1, 0.15) is 17.8 Å². The van der Waals surface area contributed by atoms with E-state index in [1.807, 2.05) is 6.07 Å². The zero-order valence-electron chi connectivity index (χ0n) is 11.8. The number of benzene rings is 1. The van der Waals surface area contributed by atoms with Gasteiger partial charge in [-0.2, -0.15) is 4.98 Å². The Balaban J connectivity index is 2.06. The molecule has 0 aliphatic heterocycles. The lowest BCUT2D eigenvalue weighted by Gasteiger charge is -2.08. The summed E-state index contributed by atoms with van der Waals surface area (Å²) in [7, 11) is 1.61. The number of oxazole rings is 1. The molecule has 114 valence electrons. The van der Waals surface area contributed by atoms with Gasteiger partial charge in [0.15, 0.2) is 0 Å². The Bertz CT molecular complexity index is 602. The van der Waals surface area contributed by atoms with Gasteiger partial charge in [-0.05, 0) is 50.9 Å². The lowest BCUT2D eigenvalue weighted by atomic mass is 10.3. The maximum absolute atomic E-state index is 5.64. The summed E-state index contributed by atoms with van der Waals surface area (Å²) in [6.45, 7) is 3.72. The molecule has 0 radical (unpaired) electrons. The van der Waals surface area contributed by atoms with Crippen molar-refractivity contribution in [2.24, 2.45) is 0 Å². The van der Waals surface area contributed by atoms with Crippen LogP contribution in [0, 0.1) is 0 Å². The van der Waals surface area contributed by atoms with E-state index in [-0.39, 0.29) is 6.08 Å². The third-order valence-corrected chi connectivity index (χ3v) is 3.91. The van der Waals surface area contributed by atoms with Crippen molar-refractivity contribution < 1.29 is 13.9 Å². The summed E-state index contributed by atoms with van der Waals surface area (Å²) in [5.41, 5.74) is 0.808. The molecule has 0 saturated heterocycles. The van der Waals surface area contributed by atoms with Crippen molar-refractivity contribution in [1.82, 2.24) is 10.3 Å². The van der Waals surface area contributed by atoms with Crippen molar-refractivity contribution in [3.8, 4) is 17.6 Å². The average molecular weight is 420 g/mol. The molecule has 1 aromatic heterocycles.